The molecule has 3 nitrogen and oxygen atoms in total. The Morgan fingerprint density at radius 2 is 2.25 bits per heavy atom. The summed E-state index contributed by atoms with van der Waals surface area (Å²) in [6.45, 7) is 6.82. The standard InChI is InChI=1S/C15H22ClFN2O/c1-15(2,20)10-18-13-5-6-19(9-13)8-11-3-4-12(17)7-14(11)16/h3-4,7,13,18,20H,5-6,8-10H2,1-2H3/t13-/m0/s1. The van der Waals surface area contributed by atoms with E-state index < -0.39 is 5.60 Å². The van der Waals surface area contributed by atoms with E-state index in [4.69, 9.17) is 11.6 Å². The predicted molar refractivity (Wildman–Crippen MR) is 79.4 cm³/mol. The fourth-order valence-corrected chi connectivity index (χ4v) is 2.65. The van der Waals surface area contributed by atoms with Crippen molar-refractivity contribution in [1.82, 2.24) is 10.2 Å². The van der Waals surface area contributed by atoms with E-state index in [0.29, 0.717) is 17.6 Å². The Labute approximate surface area is 124 Å². The topological polar surface area (TPSA) is 35.5 Å². The van der Waals surface area contributed by atoms with Crippen molar-refractivity contribution in [3.8, 4) is 0 Å². The first-order valence-electron chi connectivity index (χ1n) is 6.95. The zero-order valence-corrected chi connectivity index (χ0v) is 12.8. The van der Waals surface area contributed by atoms with Crippen LogP contribution in [-0.2, 0) is 6.54 Å². The van der Waals surface area contributed by atoms with Crippen molar-refractivity contribution in [3.63, 3.8) is 0 Å². The number of rotatable bonds is 5. The van der Waals surface area contributed by atoms with Crippen molar-refractivity contribution >= 4 is 11.6 Å². The van der Waals surface area contributed by atoms with E-state index in [1.54, 1.807) is 19.9 Å². The molecule has 1 atom stereocenters. The van der Waals surface area contributed by atoms with Crippen LogP contribution >= 0.6 is 11.6 Å². The minimum Gasteiger partial charge on any atom is -0.389 e. The third-order valence-corrected chi connectivity index (χ3v) is 3.86. The van der Waals surface area contributed by atoms with Gasteiger partial charge in [0.15, 0.2) is 0 Å². The number of nitrogens with zero attached hydrogens (tertiary/aromatic N) is 1. The number of nitrogens with one attached hydrogen (secondary N) is 1. The monoisotopic (exact) mass is 300 g/mol. The zero-order chi connectivity index (χ0) is 14.8. The van der Waals surface area contributed by atoms with Crippen molar-refractivity contribution < 1.29 is 9.50 Å². The van der Waals surface area contributed by atoms with E-state index in [2.05, 4.69) is 10.2 Å². The molecule has 1 aliphatic heterocycles. The fraction of sp³-hybridized carbons (Fsp3) is 0.600. The van der Waals surface area contributed by atoms with Gasteiger partial charge in [0, 0.05) is 37.2 Å². The molecule has 0 radical (unpaired) electrons. The van der Waals surface area contributed by atoms with E-state index in [-0.39, 0.29) is 5.82 Å². The van der Waals surface area contributed by atoms with Crippen LogP contribution in [0, 0.1) is 5.82 Å². The van der Waals surface area contributed by atoms with Gasteiger partial charge in [0.2, 0.25) is 0 Å². The number of benzene rings is 1. The zero-order valence-electron chi connectivity index (χ0n) is 12.0. The average molecular weight is 301 g/mol. The van der Waals surface area contributed by atoms with Gasteiger partial charge in [-0.25, -0.2) is 4.39 Å². The molecule has 0 bridgehead atoms. The molecule has 0 aliphatic carbocycles. The van der Waals surface area contributed by atoms with Gasteiger partial charge in [-0.1, -0.05) is 17.7 Å². The van der Waals surface area contributed by atoms with Gasteiger partial charge < -0.3 is 10.4 Å². The minimum atomic E-state index is -0.687. The Morgan fingerprint density at radius 3 is 2.90 bits per heavy atom. The van der Waals surface area contributed by atoms with E-state index in [9.17, 15) is 9.50 Å². The van der Waals surface area contributed by atoms with Gasteiger partial charge in [0.05, 0.1) is 5.60 Å². The third kappa shape index (κ3) is 4.70. The summed E-state index contributed by atoms with van der Waals surface area (Å²) >= 11 is 6.05. The summed E-state index contributed by atoms with van der Waals surface area (Å²) in [7, 11) is 0. The molecule has 112 valence electrons. The molecule has 2 rings (SSSR count). The van der Waals surface area contributed by atoms with Crippen molar-refractivity contribution in [1.29, 1.82) is 0 Å². The van der Waals surface area contributed by atoms with Crippen LogP contribution in [0.5, 0.6) is 0 Å². The smallest absolute Gasteiger partial charge is 0.124 e. The lowest BCUT2D eigenvalue weighted by atomic mass is 10.1. The quantitative estimate of drug-likeness (QED) is 0.876. The molecular weight excluding hydrogens is 279 g/mol. The maximum atomic E-state index is 13.0. The molecular formula is C15H22ClFN2O. The second kappa shape index (κ2) is 6.39. The summed E-state index contributed by atoms with van der Waals surface area (Å²) < 4.78 is 13.0. The van der Waals surface area contributed by atoms with Crippen LogP contribution in [-0.4, -0.2) is 41.3 Å². The van der Waals surface area contributed by atoms with Crippen LogP contribution in [0.1, 0.15) is 25.8 Å². The lowest BCUT2D eigenvalue weighted by molar-refractivity contribution is 0.0766. The lowest BCUT2D eigenvalue weighted by Gasteiger charge is -2.22. The SMILES string of the molecule is CC(C)(O)CN[C@H]1CCN(Cc2ccc(F)cc2Cl)C1. The highest BCUT2D eigenvalue weighted by molar-refractivity contribution is 6.31. The van der Waals surface area contributed by atoms with Crippen LogP contribution in [0.3, 0.4) is 0 Å². The number of likely N-dealkylation sites (tertiary alicyclic amines) is 1. The number of aliphatic hydroxyl groups is 1. The lowest BCUT2D eigenvalue weighted by Crippen LogP contribution is -2.41. The maximum Gasteiger partial charge on any atom is 0.124 e. The predicted octanol–water partition coefficient (Wildman–Crippen LogP) is 2.41. The Kier molecular flexibility index (Phi) is 5.02. The molecule has 2 N–H and O–H groups in total. The van der Waals surface area contributed by atoms with E-state index in [1.807, 2.05) is 0 Å². The highest BCUT2D eigenvalue weighted by Gasteiger charge is 2.24. The van der Waals surface area contributed by atoms with Gasteiger partial charge in [-0.2, -0.15) is 0 Å². The summed E-state index contributed by atoms with van der Waals surface area (Å²) in [5.74, 6) is -0.301. The van der Waals surface area contributed by atoms with Crippen LogP contribution in [0.2, 0.25) is 5.02 Å². The molecule has 0 unspecified atom stereocenters. The molecule has 0 aromatic heterocycles. The summed E-state index contributed by atoms with van der Waals surface area (Å²) in [6.07, 6.45) is 1.05. The summed E-state index contributed by atoms with van der Waals surface area (Å²) in [6, 6.07) is 4.94. The molecule has 0 saturated carbocycles. The Hall–Kier alpha value is -0.680. The molecule has 1 heterocycles. The largest absolute Gasteiger partial charge is 0.389 e. The van der Waals surface area contributed by atoms with Crippen LogP contribution in [0.15, 0.2) is 18.2 Å². The number of hydrogen-bond acceptors (Lipinski definition) is 3. The summed E-state index contributed by atoms with van der Waals surface area (Å²) in [5.41, 5.74) is 0.268. The Morgan fingerprint density at radius 1 is 1.50 bits per heavy atom. The third-order valence-electron chi connectivity index (χ3n) is 3.50. The van der Waals surface area contributed by atoms with E-state index in [0.717, 1.165) is 31.6 Å². The van der Waals surface area contributed by atoms with Crippen molar-refractivity contribution in [2.75, 3.05) is 19.6 Å². The van der Waals surface area contributed by atoms with Gasteiger partial charge in [-0.05, 0) is 38.0 Å². The molecule has 1 saturated heterocycles. The van der Waals surface area contributed by atoms with E-state index in [1.165, 1.54) is 12.1 Å². The maximum absolute atomic E-state index is 13.0. The molecule has 0 spiro atoms. The summed E-state index contributed by atoms with van der Waals surface area (Å²) in [4.78, 5) is 2.29. The first-order valence-corrected chi connectivity index (χ1v) is 7.33. The number of hydrogen-bond donors (Lipinski definition) is 2. The molecule has 1 aromatic carbocycles. The Bertz CT molecular complexity index is 462. The second-order valence-corrected chi connectivity index (χ2v) is 6.56. The number of halogens is 2. The van der Waals surface area contributed by atoms with E-state index >= 15 is 0 Å². The highest BCUT2D eigenvalue weighted by Crippen LogP contribution is 2.21. The minimum absolute atomic E-state index is 0.301. The second-order valence-electron chi connectivity index (χ2n) is 6.15. The molecule has 20 heavy (non-hydrogen) atoms. The van der Waals surface area contributed by atoms with Crippen molar-refractivity contribution in [2.24, 2.45) is 0 Å². The normalized spacial score (nSPS) is 20.6. The van der Waals surface area contributed by atoms with Crippen molar-refractivity contribution in [3.05, 3.63) is 34.6 Å². The molecule has 1 fully saturated rings. The van der Waals surface area contributed by atoms with Gasteiger partial charge >= 0.3 is 0 Å². The van der Waals surface area contributed by atoms with Gasteiger partial charge in [-0.15, -0.1) is 0 Å². The van der Waals surface area contributed by atoms with Gasteiger partial charge in [-0.3, -0.25) is 4.90 Å². The van der Waals surface area contributed by atoms with Gasteiger partial charge in [0.1, 0.15) is 5.82 Å². The summed E-state index contributed by atoms with van der Waals surface area (Å²) in [5, 5.41) is 13.6. The van der Waals surface area contributed by atoms with Crippen LogP contribution < -0.4 is 5.32 Å². The molecule has 5 heteroatoms. The Balaban J connectivity index is 1.84. The highest BCUT2D eigenvalue weighted by atomic mass is 35.5. The first-order chi connectivity index (χ1) is 9.33. The average Bonchev–Trinajstić information content (AvgIpc) is 2.77. The van der Waals surface area contributed by atoms with Crippen LogP contribution in [0.4, 0.5) is 4.39 Å². The molecule has 1 aliphatic rings. The first kappa shape index (κ1) is 15.7. The molecule has 1 aromatic rings. The van der Waals surface area contributed by atoms with Gasteiger partial charge in [0.25, 0.3) is 0 Å². The van der Waals surface area contributed by atoms with Crippen molar-refractivity contribution in [2.45, 2.75) is 38.5 Å². The molecule has 0 amide bonds. The van der Waals surface area contributed by atoms with Crippen LogP contribution in [0.25, 0.3) is 0 Å². The fourth-order valence-electron chi connectivity index (χ4n) is 2.43.